The SMILES string of the molecule is O=C(C(O)c1cccc(C(F)(F)F)c1)N1CCCc2nc(C3(c4cccc(C5CCN(CC(F)(F)F)CC5)c4)CC3)[nH]c(=O)c2C1. The molecule has 0 bridgehead atoms. The molecule has 1 saturated heterocycles. The number of nitrogens with zero attached hydrogens (tertiary/aromatic N) is 3. The van der Waals surface area contributed by atoms with E-state index < -0.39 is 47.4 Å². The summed E-state index contributed by atoms with van der Waals surface area (Å²) in [6.45, 7) is -0.106. The van der Waals surface area contributed by atoms with Gasteiger partial charge >= 0.3 is 12.4 Å². The number of likely N-dealkylation sites (tertiary alicyclic amines) is 1. The third-order valence-corrected chi connectivity index (χ3v) is 9.47. The van der Waals surface area contributed by atoms with Crippen molar-refractivity contribution in [3.05, 3.63) is 98.2 Å². The number of H-pyrrole nitrogens is 1. The third kappa shape index (κ3) is 6.71. The Balaban J connectivity index is 1.19. The number of amides is 1. The van der Waals surface area contributed by atoms with Crippen molar-refractivity contribution in [1.29, 1.82) is 0 Å². The lowest BCUT2D eigenvalue weighted by molar-refractivity contribution is -0.148. The second-order valence-corrected chi connectivity index (χ2v) is 12.6. The molecule has 0 spiro atoms. The topological polar surface area (TPSA) is 89.5 Å². The lowest BCUT2D eigenvalue weighted by atomic mass is 9.85. The minimum absolute atomic E-state index is 0.133. The van der Waals surface area contributed by atoms with Gasteiger partial charge in [0, 0.05) is 6.54 Å². The summed E-state index contributed by atoms with van der Waals surface area (Å²) in [6.07, 6.45) is -7.06. The predicted octanol–water partition coefficient (Wildman–Crippen LogP) is 5.62. The lowest BCUT2D eigenvalue weighted by Gasteiger charge is -2.33. The number of aromatic amines is 1. The Labute approximate surface area is 261 Å². The van der Waals surface area contributed by atoms with Crippen LogP contribution in [0.1, 0.15) is 83.5 Å². The number of rotatable bonds is 6. The molecule has 3 heterocycles. The van der Waals surface area contributed by atoms with Gasteiger partial charge in [-0.1, -0.05) is 36.4 Å². The minimum atomic E-state index is -4.63. The standard InChI is InChI=1S/C33H34F6N4O3/c34-32(35,36)19-42-14-9-20(10-15-42)21-4-1-6-23(16-21)31(11-12-31)30-40-26-8-3-13-43(18-25(26)28(45)41-30)29(46)27(44)22-5-2-7-24(17-22)33(37,38)39/h1-2,4-7,16-17,20,27,44H,3,8-15,18-19H2,(H,40,41,45). The molecule has 7 nitrogen and oxygen atoms in total. The molecule has 13 heteroatoms. The van der Waals surface area contributed by atoms with Crippen molar-refractivity contribution >= 4 is 5.91 Å². The van der Waals surface area contributed by atoms with Crippen molar-refractivity contribution in [2.24, 2.45) is 0 Å². The highest BCUT2D eigenvalue weighted by Crippen LogP contribution is 2.52. The van der Waals surface area contributed by atoms with Crippen molar-refractivity contribution in [2.45, 2.75) is 74.9 Å². The second kappa shape index (κ2) is 12.1. The van der Waals surface area contributed by atoms with Crippen LogP contribution >= 0.6 is 0 Å². The van der Waals surface area contributed by atoms with E-state index in [9.17, 15) is 41.0 Å². The van der Waals surface area contributed by atoms with Gasteiger partial charge in [-0.05, 0) is 86.4 Å². The summed E-state index contributed by atoms with van der Waals surface area (Å²) < 4.78 is 78.1. The Kier molecular flexibility index (Phi) is 8.51. The molecule has 2 aromatic carbocycles. The number of aryl methyl sites for hydroxylation is 1. The van der Waals surface area contributed by atoms with Gasteiger partial charge in [-0.2, -0.15) is 26.3 Å². The maximum absolute atomic E-state index is 13.4. The van der Waals surface area contributed by atoms with E-state index in [0.717, 1.165) is 42.2 Å². The van der Waals surface area contributed by atoms with Crippen LogP contribution in [-0.2, 0) is 29.4 Å². The molecule has 3 aromatic rings. The number of nitrogens with one attached hydrogen (secondary N) is 1. The van der Waals surface area contributed by atoms with Gasteiger partial charge in [-0.15, -0.1) is 0 Å². The Hall–Kier alpha value is -3.71. The predicted molar refractivity (Wildman–Crippen MR) is 156 cm³/mol. The summed E-state index contributed by atoms with van der Waals surface area (Å²) in [6, 6.07) is 12.0. The number of carbonyl (C=O) groups is 1. The number of aliphatic hydroxyl groups excluding tert-OH is 1. The largest absolute Gasteiger partial charge is 0.416 e. The van der Waals surface area contributed by atoms with Gasteiger partial charge in [-0.3, -0.25) is 14.5 Å². The highest BCUT2D eigenvalue weighted by Gasteiger charge is 2.49. The molecule has 1 aliphatic carbocycles. The number of benzene rings is 2. The molecule has 2 N–H and O–H groups in total. The molecule has 3 aliphatic rings. The smallest absolute Gasteiger partial charge is 0.378 e. The first kappa shape index (κ1) is 32.2. The van der Waals surface area contributed by atoms with Gasteiger partial charge < -0.3 is 15.0 Å². The Morgan fingerprint density at radius 1 is 1.02 bits per heavy atom. The monoisotopic (exact) mass is 648 g/mol. The number of fused-ring (bicyclic) bond motifs is 1. The van der Waals surface area contributed by atoms with Crippen LogP contribution in [0, 0.1) is 0 Å². The average molecular weight is 649 g/mol. The molecule has 2 fully saturated rings. The first-order valence-electron chi connectivity index (χ1n) is 15.4. The Bertz CT molecular complexity index is 1660. The van der Waals surface area contributed by atoms with Crippen LogP contribution in [0.2, 0.25) is 0 Å². The van der Waals surface area contributed by atoms with Crippen LogP contribution in [0.4, 0.5) is 26.3 Å². The van der Waals surface area contributed by atoms with E-state index in [4.69, 9.17) is 4.98 Å². The van der Waals surface area contributed by atoms with Crippen molar-refractivity contribution in [3.8, 4) is 0 Å². The van der Waals surface area contributed by atoms with Crippen molar-refractivity contribution < 1.29 is 36.2 Å². The number of piperidine rings is 1. The summed E-state index contributed by atoms with van der Waals surface area (Å²) in [5.74, 6) is -0.137. The number of hydrogen-bond donors (Lipinski definition) is 2. The lowest BCUT2D eigenvalue weighted by Crippen LogP contribution is -2.39. The van der Waals surface area contributed by atoms with E-state index >= 15 is 0 Å². The molecule has 1 amide bonds. The molecule has 1 unspecified atom stereocenters. The fourth-order valence-electron chi connectivity index (χ4n) is 6.79. The maximum Gasteiger partial charge on any atom is 0.416 e. The van der Waals surface area contributed by atoms with Gasteiger partial charge in [0.1, 0.15) is 5.82 Å². The number of aromatic nitrogens is 2. The molecule has 46 heavy (non-hydrogen) atoms. The normalized spacial score (nSPS) is 19.8. The van der Waals surface area contributed by atoms with Gasteiger partial charge in [0.25, 0.3) is 11.5 Å². The number of alkyl halides is 6. The molecular formula is C33H34F6N4O3. The summed E-state index contributed by atoms with van der Waals surface area (Å²) >= 11 is 0. The van der Waals surface area contributed by atoms with Gasteiger partial charge in [-0.25, -0.2) is 4.98 Å². The zero-order valence-electron chi connectivity index (χ0n) is 24.9. The number of hydrogen-bond acceptors (Lipinski definition) is 5. The van der Waals surface area contributed by atoms with Gasteiger partial charge in [0.2, 0.25) is 0 Å². The number of carbonyl (C=O) groups excluding carboxylic acids is 1. The Morgan fingerprint density at radius 3 is 2.41 bits per heavy atom. The van der Waals surface area contributed by atoms with Crippen molar-refractivity contribution in [3.63, 3.8) is 0 Å². The summed E-state index contributed by atoms with van der Waals surface area (Å²) in [4.78, 5) is 37.2. The van der Waals surface area contributed by atoms with E-state index in [-0.39, 0.29) is 30.1 Å². The minimum Gasteiger partial charge on any atom is -0.378 e. The van der Waals surface area contributed by atoms with Gasteiger partial charge in [0.15, 0.2) is 6.10 Å². The average Bonchev–Trinajstić information content (AvgIpc) is 3.84. The van der Waals surface area contributed by atoms with E-state index in [1.165, 1.54) is 15.9 Å². The first-order valence-corrected chi connectivity index (χ1v) is 15.4. The van der Waals surface area contributed by atoms with Crippen LogP contribution in [0.5, 0.6) is 0 Å². The molecule has 1 atom stereocenters. The number of halogens is 6. The van der Waals surface area contributed by atoms with Crippen molar-refractivity contribution in [2.75, 3.05) is 26.2 Å². The maximum atomic E-state index is 13.4. The molecule has 246 valence electrons. The van der Waals surface area contributed by atoms with Crippen LogP contribution < -0.4 is 5.56 Å². The summed E-state index contributed by atoms with van der Waals surface area (Å²) in [5, 5.41) is 10.7. The van der Waals surface area contributed by atoms with E-state index in [0.29, 0.717) is 50.3 Å². The molecular weight excluding hydrogens is 614 g/mol. The highest BCUT2D eigenvalue weighted by molar-refractivity contribution is 5.82. The van der Waals surface area contributed by atoms with Crippen molar-refractivity contribution in [1.82, 2.24) is 19.8 Å². The third-order valence-electron chi connectivity index (χ3n) is 9.47. The molecule has 1 saturated carbocycles. The van der Waals surface area contributed by atoms with Crippen LogP contribution in [0.15, 0.2) is 53.3 Å². The molecule has 6 rings (SSSR count). The highest BCUT2D eigenvalue weighted by atomic mass is 19.4. The fraction of sp³-hybridized carbons (Fsp3) is 0.485. The zero-order chi connectivity index (χ0) is 32.9. The van der Waals surface area contributed by atoms with E-state index in [1.54, 1.807) is 0 Å². The van der Waals surface area contributed by atoms with Crippen LogP contribution in [0.3, 0.4) is 0 Å². The van der Waals surface area contributed by atoms with Crippen LogP contribution in [-0.4, -0.2) is 63.1 Å². The van der Waals surface area contributed by atoms with E-state index in [2.05, 4.69) is 11.1 Å². The second-order valence-electron chi connectivity index (χ2n) is 12.6. The van der Waals surface area contributed by atoms with Gasteiger partial charge in [0.05, 0.1) is 35.3 Å². The molecule has 0 radical (unpaired) electrons. The summed E-state index contributed by atoms with van der Waals surface area (Å²) in [5.41, 5.74) is 0.800. The van der Waals surface area contributed by atoms with E-state index in [1.807, 2.05) is 18.2 Å². The molecule has 1 aromatic heterocycles. The Morgan fingerprint density at radius 2 is 1.74 bits per heavy atom. The zero-order valence-corrected chi connectivity index (χ0v) is 24.9. The first-order chi connectivity index (χ1) is 21.7. The number of aliphatic hydroxyl groups is 1. The summed E-state index contributed by atoms with van der Waals surface area (Å²) in [7, 11) is 0. The van der Waals surface area contributed by atoms with Crippen LogP contribution in [0.25, 0.3) is 0 Å². The fourth-order valence-corrected chi connectivity index (χ4v) is 6.79. The molecule has 2 aliphatic heterocycles. The quantitative estimate of drug-likeness (QED) is 0.339.